The van der Waals surface area contributed by atoms with Crippen molar-refractivity contribution in [2.75, 3.05) is 19.5 Å². The van der Waals surface area contributed by atoms with Gasteiger partial charge in [0, 0.05) is 34.8 Å². The summed E-state index contributed by atoms with van der Waals surface area (Å²) in [7, 11) is 3.66. The second-order valence-electron chi connectivity index (χ2n) is 11.2. The van der Waals surface area contributed by atoms with E-state index in [0.29, 0.717) is 11.8 Å². The van der Waals surface area contributed by atoms with Crippen LogP contribution in [0.4, 0.5) is 5.69 Å². The lowest BCUT2D eigenvalue weighted by atomic mass is 9.79. The number of hydrogen-bond donors (Lipinski definition) is 1. The zero-order chi connectivity index (χ0) is 26.1. The quantitative estimate of drug-likeness (QED) is 0.246. The van der Waals surface area contributed by atoms with E-state index in [2.05, 4.69) is 90.3 Å². The molecular formula is C36H31NO2. The molecule has 2 aliphatic carbocycles. The van der Waals surface area contributed by atoms with Crippen molar-refractivity contribution < 1.29 is 9.47 Å². The Morgan fingerprint density at radius 3 is 2.26 bits per heavy atom. The number of methoxy groups -OCH3 is 1. The Morgan fingerprint density at radius 2 is 1.51 bits per heavy atom. The number of rotatable bonds is 4. The van der Waals surface area contributed by atoms with Gasteiger partial charge < -0.3 is 14.8 Å². The fourth-order valence-corrected chi connectivity index (χ4v) is 7.54. The highest BCUT2D eigenvalue weighted by Crippen LogP contribution is 2.60. The highest BCUT2D eigenvalue weighted by molar-refractivity contribution is 6.14. The number of anilines is 1. The first-order chi connectivity index (χ1) is 19.2. The van der Waals surface area contributed by atoms with E-state index in [0.717, 1.165) is 28.3 Å². The molecule has 0 aromatic heterocycles. The first-order valence-electron chi connectivity index (χ1n) is 14.0. The predicted molar refractivity (Wildman–Crippen MR) is 160 cm³/mol. The third-order valence-corrected chi connectivity index (χ3v) is 9.39. The van der Waals surface area contributed by atoms with E-state index < -0.39 is 5.60 Å². The molecule has 39 heavy (non-hydrogen) atoms. The summed E-state index contributed by atoms with van der Waals surface area (Å²) in [5, 5.41) is 8.40. The normalized spacial score (nSPS) is 22.5. The largest absolute Gasteiger partial charge is 0.497 e. The summed E-state index contributed by atoms with van der Waals surface area (Å²) in [5.74, 6) is 3.15. The van der Waals surface area contributed by atoms with Crippen molar-refractivity contribution in [2.24, 2.45) is 0 Å². The van der Waals surface area contributed by atoms with Crippen LogP contribution in [-0.4, -0.2) is 14.2 Å². The molecule has 1 aliphatic heterocycles. The fourth-order valence-electron chi connectivity index (χ4n) is 7.54. The molecule has 0 amide bonds. The number of ether oxygens (including phenoxy) is 2. The van der Waals surface area contributed by atoms with Crippen molar-refractivity contribution in [3.8, 4) is 11.5 Å². The van der Waals surface area contributed by atoms with Gasteiger partial charge in [-0.1, -0.05) is 66.7 Å². The second-order valence-corrected chi connectivity index (χ2v) is 11.2. The molecule has 3 nitrogen and oxygen atoms in total. The molecule has 3 aliphatic rings. The molecule has 1 saturated carbocycles. The number of hydrogen-bond acceptors (Lipinski definition) is 3. The van der Waals surface area contributed by atoms with E-state index in [9.17, 15) is 0 Å². The summed E-state index contributed by atoms with van der Waals surface area (Å²) in [6, 6.07) is 30.3. The van der Waals surface area contributed by atoms with Gasteiger partial charge in [0.2, 0.25) is 0 Å². The van der Waals surface area contributed by atoms with Crippen LogP contribution in [0.15, 0.2) is 91.0 Å². The predicted octanol–water partition coefficient (Wildman–Crippen LogP) is 8.76. The number of nitrogens with one attached hydrogen (secondary N) is 1. The van der Waals surface area contributed by atoms with Crippen LogP contribution in [-0.2, 0) is 5.60 Å². The average Bonchev–Trinajstić information content (AvgIpc) is 3.64. The summed E-state index contributed by atoms with van der Waals surface area (Å²) >= 11 is 0. The summed E-state index contributed by atoms with van der Waals surface area (Å²) in [4.78, 5) is 0. The average molecular weight is 510 g/mol. The van der Waals surface area contributed by atoms with Crippen LogP contribution < -0.4 is 14.8 Å². The van der Waals surface area contributed by atoms with E-state index in [1.165, 1.54) is 51.9 Å². The van der Waals surface area contributed by atoms with Gasteiger partial charge in [0.1, 0.15) is 11.5 Å². The summed E-state index contributed by atoms with van der Waals surface area (Å²) in [5.41, 5.74) is 6.90. The van der Waals surface area contributed by atoms with Crippen molar-refractivity contribution in [1.82, 2.24) is 0 Å². The van der Waals surface area contributed by atoms with Crippen LogP contribution >= 0.6 is 0 Å². The Hall–Kier alpha value is -4.24. The maximum absolute atomic E-state index is 7.45. The van der Waals surface area contributed by atoms with E-state index in [-0.39, 0.29) is 0 Å². The highest BCUT2D eigenvalue weighted by Gasteiger charge is 2.44. The number of fused-ring (bicyclic) bond motifs is 12. The fraction of sp³-hybridized carbons (Fsp3) is 0.222. The Morgan fingerprint density at radius 1 is 0.795 bits per heavy atom. The third kappa shape index (κ3) is 3.16. The molecule has 1 heterocycles. The van der Waals surface area contributed by atoms with Crippen LogP contribution in [0.25, 0.3) is 27.6 Å². The van der Waals surface area contributed by atoms with Crippen LogP contribution in [0.3, 0.4) is 0 Å². The van der Waals surface area contributed by atoms with E-state index in [1.54, 1.807) is 12.7 Å². The van der Waals surface area contributed by atoms with Crippen LogP contribution in [0, 0.1) is 0 Å². The maximum atomic E-state index is 7.45. The smallest absolute Gasteiger partial charge is 0.178 e. The van der Waals surface area contributed by atoms with Gasteiger partial charge in [0.25, 0.3) is 0 Å². The Labute approximate surface area is 229 Å². The van der Waals surface area contributed by atoms with Gasteiger partial charge in [-0.2, -0.15) is 0 Å². The Bertz CT molecular complexity index is 1740. The van der Waals surface area contributed by atoms with Gasteiger partial charge in [-0.15, -0.1) is 0 Å². The Kier molecular flexibility index (Phi) is 4.88. The second kappa shape index (κ2) is 8.38. The van der Waals surface area contributed by atoms with Crippen LogP contribution in [0.2, 0.25) is 0 Å². The van der Waals surface area contributed by atoms with Gasteiger partial charge in [-0.3, -0.25) is 0 Å². The van der Waals surface area contributed by atoms with Gasteiger partial charge >= 0.3 is 0 Å². The van der Waals surface area contributed by atoms with Crippen molar-refractivity contribution in [3.05, 3.63) is 119 Å². The van der Waals surface area contributed by atoms with Crippen LogP contribution in [0.1, 0.15) is 58.9 Å². The molecule has 3 unspecified atom stereocenters. The molecule has 2 bridgehead atoms. The molecule has 8 rings (SSSR count). The number of benzene rings is 5. The molecule has 192 valence electrons. The topological polar surface area (TPSA) is 30.5 Å². The van der Waals surface area contributed by atoms with Gasteiger partial charge in [0.05, 0.1) is 7.11 Å². The van der Waals surface area contributed by atoms with Crippen molar-refractivity contribution in [2.45, 2.75) is 36.7 Å². The van der Waals surface area contributed by atoms with Crippen molar-refractivity contribution >= 4 is 33.3 Å². The summed E-state index contributed by atoms with van der Waals surface area (Å²) in [6.45, 7) is 0. The minimum Gasteiger partial charge on any atom is -0.497 e. The molecule has 0 radical (unpaired) electrons. The molecule has 3 heteroatoms. The molecular weight excluding hydrogens is 478 g/mol. The SMILES string of the molecule is CNc1ccc(C2(c3ccc(OC)cc3)C=Cc3c4c(c5ccc6ccccc6c5c3O2)C2CCC4C2)cc1. The zero-order valence-electron chi connectivity index (χ0n) is 22.3. The van der Waals surface area contributed by atoms with Crippen molar-refractivity contribution in [1.29, 1.82) is 0 Å². The molecule has 0 saturated heterocycles. The van der Waals surface area contributed by atoms with E-state index in [1.807, 2.05) is 19.2 Å². The molecule has 5 aromatic rings. The third-order valence-electron chi connectivity index (χ3n) is 9.39. The lowest BCUT2D eigenvalue weighted by Gasteiger charge is -2.38. The lowest BCUT2D eigenvalue weighted by molar-refractivity contribution is 0.163. The first kappa shape index (κ1) is 22.7. The standard InChI is InChI=1S/C36H31NO2/c1-37-27-14-10-25(11-15-27)36(26-12-16-28(38-2)17-13-26)20-19-31-33-24-8-7-23(21-24)32(33)30-18-9-22-5-3-4-6-29(22)34(30)35(31)39-36/h3-6,9-20,23-24,37H,7-8,21H2,1-2H3. The minimum absolute atomic E-state index is 0.631. The minimum atomic E-state index is -0.763. The molecule has 0 spiro atoms. The summed E-state index contributed by atoms with van der Waals surface area (Å²) < 4.78 is 12.9. The van der Waals surface area contributed by atoms with Gasteiger partial charge in [-0.25, -0.2) is 0 Å². The lowest BCUT2D eigenvalue weighted by Crippen LogP contribution is -2.34. The van der Waals surface area contributed by atoms with E-state index in [4.69, 9.17) is 9.47 Å². The first-order valence-corrected chi connectivity index (χ1v) is 14.0. The van der Waals surface area contributed by atoms with Crippen molar-refractivity contribution in [3.63, 3.8) is 0 Å². The van der Waals surface area contributed by atoms with Gasteiger partial charge in [-0.05, 0) is 88.7 Å². The highest BCUT2D eigenvalue weighted by atomic mass is 16.5. The summed E-state index contributed by atoms with van der Waals surface area (Å²) in [6.07, 6.45) is 8.52. The van der Waals surface area contributed by atoms with Gasteiger partial charge in [0.15, 0.2) is 5.60 Å². The zero-order valence-corrected chi connectivity index (χ0v) is 22.3. The molecule has 3 atom stereocenters. The molecule has 1 fully saturated rings. The maximum Gasteiger partial charge on any atom is 0.178 e. The Balaban J connectivity index is 1.44. The molecule has 1 N–H and O–H groups in total. The van der Waals surface area contributed by atoms with Crippen LogP contribution in [0.5, 0.6) is 11.5 Å². The van der Waals surface area contributed by atoms with E-state index >= 15 is 0 Å². The monoisotopic (exact) mass is 509 g/mol. The molecule has 5 aromatic carbocycles.